The molecule has 2 unspecified atom stereocenters. The average Bonchev–Trinajstić information content (AvgIpc) is 2.35. The fourth-order valence-corrected chi connectivity index (χ4v) is 2.77. The van der Waals surface area contributed by atoms with Gasteiger partial charge >= 0.3 is 35.5 Å². The van der Waals surface area contributed by atoms with Crippen LogP contribution in [-0.2, 0) is 14.9 Å². The van der Waals surface area contributed by atoms with Crippen LogP contribution in [0, 0.1) is 11.3 Å². The Hall–Kier alpha value is -0.110. The summed E-state index contributed by atoms with van der Waals surface area (Å²) in [7, 11) is -4.26. The number of rotatable bonds is 5. The number of alkyl halides is 1. The summed E-state index contributed by atoms with van der Waals surface area (Å²) in [5.41, 5.74) is 0.0456. The van der Waals surface area contributed by atoms with E-state index in [9.17, 15) is 13.2 Å². The SMILES string of the molecule is CC(CC(C)(C)C)C(Cl)C(=O)Oc1ccc(S(=O)(=O)O)cc1.[NaH]. The zero-order valence-electron chi connectivity index (χ0n) is 13.0. The van der Waals surface area contributed by atoms with E-state index in [0.29, 0.717) is 0 Å². The minimum absolute atomic E-state index is 0. The third-order valence-corrected chi connectivity index (χ3v) is 4.48. The van der Waals surface area contributed by atoms with E-state index < -0.39 is 21.5 Å². The monoisotopic (exact) mass is 372 g/mol. The molecule has 0 bridgehead atoms. The van der Waals surface area contributed by atoms with E-state index in [-0.39, 0.29) is 51.5 Å². The summed E-state index contributed by atoms with van der Waals surface area (Å²) >= 11 is 6.13. The molecule has 23 heavy (non-hydrogen) atoms. The Morgan fingerprint density at radius 2 is 1.74 bits per heavy atom. The van der Waals surface area contributed by atoms with Crippen LogP contribution in [0.15, 0.2) is 29.2 Å². The van der Waals surface area contributed by atoms with Gasteiger partial charge in [-0.25, -0.2) is 0 Å². The van der Waals surface area contributed by atoms with Crippen molar-refractivity contribution in [3.05, 3.63) is 24.3 Å². The van der Waals surface area contributed by atoms with Crippen LogP contribution in [-0.4, -0.2) is 53.9 Å². The molecular weight excluding hydrogens is 351 g/mol. The second kappa shape index (κ2) is 8.83. The van der Waals surface area contributed by atoms with Crippen molar-refractivity contribution in [2.45, 2.75) is 44.4 Å². The Bertz CT molecular complexity index is 622. The van der Waals surface area contributed by atoms with Gasteiger partial charge in [0.1, 0.15) is 11.1 Å². The zero-order valence-corrected chi connectivity index (χ0v) is 14.6. The molecule has 0 aromatic heterocycles. The first-order chi connectivity index (χ1) is 9.90. The van der Waals surface area contributed by atoms with Gasteiger partial charge in [0.25, 0.3) is 10.1 Å². The third kappa shape index (κ3) is 8.01. The molecule has 2 atom stereocenters. The minimum atomic E-state index is -4.26. The van der Waals surface area contributed by atoms with Gasteiger partial charge in [0.15, 0.2) is 0 Å². The van der Waals surface area contributed by atoms with Gasteiger partial charge in [-0.3, -0.25) is 9.35 Å². The number of ether oxygens (including phenoxy) is 1. The molecule has 0 fully saturated rings. The van der Waals surface area contributed by atoms with Gasteiger partial charge in [-0.15, -0.1) is 11.6 Å². The summed E-state index contributed by atoms with van der Waals surface area (Å²) in [4.78, 5) is 11.7. The van der Waals surface area contributed by atoms with Crippen LogP contribution in [0.2, 0.25) is 0 Å². The van der Waals surface area contributed by atoms with Crippen LogP contribution in [0.3, 0.4) is 0 Å². The Labute approximate surface area is 164 Å². The Kier molecular flexibility index (Phi) is 8.79. The van der Waals surface area contributed by atoms with Crippen LogP contribution in [0.1, 0.15) is 34.1 Å². The van der Waals surface area contributed by atoms with E-state index >= 15 is 0 Å². The van der Waals surface area contributed by atoms with Crippen molar-refractivity contribution >= 4 is 57.2 Å². The molecule has 0 saturated carbocycles. The summed E-state index contributed by atoms with van der Waals surface area (Å²) in [5.74, 6) is -0.477. The Morgan fingerprint density at radius 3 is 2.13 bits per heavy atom. The van der Waals surface area contributed by atoms with Crippen LogP contribution in [0.25, 0.3) is 0 Å². The molecule has 0 aliphatic heterocycles. The fraction of sp³-hybridized carbons (Fsp3) is 0.533. The summed E-state index contributed by atoms with van der Waals surface area (Å²) in [6.07, 6.45) is 0.762. The number of halogens is 1. The summed E-state index contributed by atoms with van der Waals surface area (Å²) in [6.45, 7) is 8.07. The van der Waals surface area contributed by atoms with Crippen LogP contribution >= 0.6 is 11.6 Å². The fourth-order valence-electron chi connectivity index (χ4n) is 2.15. The predicted octanol–water partition coefficient (Wildman–Crippen LogP) is 2.87. The van der Waals surface area contributed by atoms with Crippen molar-refractivity contribution < 1.29 is 22.5 Å². The Balaban J connectivity index is 0.00000484. The molecule has 1 rings (SSSR count). The van der Waals surface area contributed by atoms with E-state index in [4.69, 9.17) is 20.9 Å². The Morgan fingerprint density at radius 1 is 1.26 bits per heavy atom. The second-order valence-corrected chi connectivity index (χ2v) is 8.40. The normalized spacial score (nSPS) is 14.5. The number of benzene rings is 1. The van der Waals surface area contributed by atoms with Gasteiger partial charge in [-0.2, -0.15) is 8.42 Å². The predicted molar refractivity (Wildman–Crippen MR) is 91.9 cm³/mol. The number of hydrogen-bond acceptors (Lipinski definition) is 4. The van der Waals surface area contributed by atoms with E-state index in [2.05, 4.69) is 20.8 Å². The number of hydrogen-bond donors (Lipinski definition) is 1. The maximum absolute atomic E-state index is 12.0. The molecule has 126 valence electrons. The van der Waals surface area contributed by atoms with Crippen molar-refractivity contribution in [3.63, 3.8) is 0 Å². The molecule has 5 nitrogen and oxygen atoms in total. The van der Waals surface area contributed by atoms with Crippen molar-refractivity contribution in [2.24, 2.45) is 11.3 Å². The topological polar surface area (TPSA) is 80.7 Å². The van der Waals surface area contributed by atoms with Crippen molar-refractivity contribution in [1.29, 1.82) is 0 Å². The zero-order chi connectivity index (χ0) is 17.1. The van der Waals surface area contributed by atoms with E-state index in [1.807, 2.05) is 6.92 Å². The molecule has 0 amide bonds. The van der Waals surface area contributed by atoms with Gasteiger partial charge in [0.2, 0.25) is 0 Å². The number of esters is 1. The molecule has 1 N–H and O–H groups in total. The first kappa shape index (κ1) is 22.9. The van der Waals surface area contributed by atoms with Gasteiger partial charge in [-0.05, 0) is 42.0 Å². The molecule has 0 aliphatic carbocycles. The van der Waals surface area contributed by atoms with E-state index in [0.717, 1.165) is 18.6 Å². The maximum atomic E-state index is 12.0. The molecule has 1 aromatic carbocycles. The summed E-state index contributed by atoms with van der Waals surface area (Å²) < 4.78 is 35.9. The van der Waals surface area contributed by atoms with Gasteiger partial charge < -0.3 is 4.74 Å². The van der Waals surface area contributed by atoms with E-state index in [1.165, 1.54) is 12.1 Å². The van der Waals surface area contributed by atoms with Gasteiger partial charge in [0, 0.05) is 0 Å². The molecule has 0 radical (unpaired) electrons. The quantitative estimate of drug-likeness (QED) is 0.282. The van der Waals surface area contributed by atoms with Crippen LogP contribution in [0.4, 0.5) is 0 Å². The number of carbonyl (C=O) groups excluding carboxylic acids is 1. The first-order valence-electron chi connectivity index (χ1n) is 6.83. The molecule has 0 saturated heterocycles. The summed E-state index contributed by atoms with van der Waals surface area (Å²) in [6, 6.07) is 4.89. The van der Waals surface area contributed by atoms with Crippen LogP contribution in [0.5, 0.6) is 5.75 Å². The molecule has 0 aliphatic rings. The molecule has 8 heteroatoms. The molecular formula is C15H22ClNaO5S. The van der Waals surface area contributed by atoms with Gasteiger partial charge in [0.05, 0.1) is 4.90 Å². The van der Waals surface area contributed by atoms with Crippen molar-refractivity contribution in [2.75, 3.05) is 0 Å². The standard InChI is InChI=1S/C15H21ClO5S.Na.H/c1-10(9-15(2,3)4)13(16)14(17)21-11-5-7-12(8-6-11)22(18,19)20;;/h5-8,10,13H,9H2,1-4H3,(H,18,19,20);;. The van der Waals surface area contributed by atoms with Crippen LogP contribution < -0.4 is 4.74 Å². The molecule has 0 spiro atoms. The number of carbonyl (C=O) groups is 1. The van der Waals surface area contributed by atoms with Crippen molar-refractivity contribution in [3.8, 4) is 5.75 Å². The molecule has 1 aromatic rings. The van der Waals surface area contributed by atoms with E-state index in [1.54, 1.807) is 0 Å². The summed E-state index contributed by atoms with van der Waals surface area (Å²) in [5, 5.41) is -0.791. The third-order valence-electron chi connectivity index (χ3n) is 3.00. The van der Waals surface area contributed by atoms with Crippen molar-refractivity contribution in [1.82, 2.24) is 0 Å². The molecule has 0 heterocycles. The second-order valence-electron chi connectivity index (χ2n) is 6.51. The average molecular weight is 373 g/mol. The first-order valence-corrected chi connectivity index (χ1v) is 8.71. The van der Waals surface area contributed by atoms with Gasteiger partial charge in [-0.1, -0.05) is 27.7 Å².